The van der Waals surface area contributed by atoms with Gasteiger partial charge in [-0.25, -0.2) is 4.57 Å². The van der Waals surface area contributed by atoms with Crippen molar-refractivity contribution in [2.75, 3.05) is 26.4 Å². The van der Waals surface area contributed by atoms with E-state index in [9.17, 15) is 28.9 Å². The van der Waals surface area contributed by atoms with E-state index in [1.54, 1.807) is 0 Å². The molecule has 0 saturated heterocycles. The quantitative estimate of drug-likeness (QED) is 0.0197. The SMILES string of the molecule is CC/C=C\C/C=C\C/C=C\C/C=C\C/C=C\CCCCCC(=O)OC(COC(=O)CCCCCCC/C=C\C/C=C\CCCCC)COP(=O)(O)OCC(CO)OC(=O)CCCCCCCCC/C=C\C/C=C\C/C=C\CC. The lowest BCUT2D eigenvalue weighted by atomic mass is 10.1. The van der Waals surface area contributed by atoms with E-state index < -0.39 is 57.8 Å². The minimum Gasteiger partial charge on any atom is -0.462 e. The van der Waals surface area contributed by atoms with E-state index in [1.165, 1.54) is 25.7 Å². The Bertz CT molecular complexity index is 1770. The Morgan fingerprint density at radius 1 is 0.372 bits per heavy atom. The summed E-state index contributed by atoms with van der Waals surface area (Å²) in [7, 11) is -4.77. The van der Waals surface area contributed by atoms with Crippen molar-refractivity contribution in [2.45, 2.75) is 251 Å². The van der Waals surface area contributed by atoms with E-state index in [0.29, 0.717) is 19.3 Å². The zero-order valence-corrected chi connectivity index (χ0v) is 50.0. The summed E-state index contributed by atoms with van der Waals surface area (Å²) in [5, 5.41) is 9.84. The highest BCUT2D eigenvalue weighted by Crippen LogP contribution is 2.43. The molecule has 0 aliphatic carbocycles. The highest BCUT2D eigenvalue weighted by Gasteiger charge is 2.28. The number of carbonyl (C=O) groups is 3. The van der Waals surface area contributed by atoms with Gasteiger partial charge in [-0.05, 0) is 128 Å². The average Bonchev–Trinajstić information content (AvgIpc) is 3.43. The van der Waals surface area contributed by atoms with Crippen molar-refractivity contribution < 1.29 is 52.2 Å². The standard InChI is InChI=1S/C66H109O11P/c1-4-7-10-13-16-19-22-25-28-30-31-33-36-39-42-45-48-51-54-57-66(70)77-63(59-73-64(68)55-52-49-46-43-40-37-34-27-24-21-18-15-12-9-6-3)61-75-78(71,72)74-60-62(58-67)76-65(69)56-53-50-47-44-41-38-35-32-29-26-23-20-17-14-11-8-5-2/h7-8,10-11,16-21,25-29,31,33-34,39,42,62-63,67H,4-6,9,12-15,22-24,30,32,35-38,40-41,43-61H2,1-3H3,(H,71,72)/b10-7-,11-8-,19-16-,20-17-,21-18-,28-25-,29-26-,33-31-,34-27-,42-39-. The number of ether oxygens (including phenoxy) is 3. The van der Waals surface area contributed by atoms with Crippen LogP contribution in [0.2, 0.25) is 0 Å². The first-order chi connectivity index (χ1) is 38.2. The lowest BCUT2D eigenvalue weighted by Gasteiger charge is -2.21. The number of phosphoric acid groups is 1. The lowest BCUT2D eigenvalue weighted by molar-refractivity contribution is -0.161. The van der Waals surface area contributed by atoms with Crippen LogP contribution in [-0.4, -0.2) is 66.5 Å². The van der Waals surface area contributed by atoms with Gasteiger partial charge in [0.05, 0.1) is 19.8 Å². The summed E-state index contributed by atoms with van der Waals surface area (Å²) in [5.74, 6) is -1.54. The van der Waals surface area contributed by atoms with E-state index in [0.717, 1.165) is 154 Å². The molecule has 0 aromatic rings. The van der Waals surface area contributed by atoms with Crippen LogP contribution in [0.1, 0.15) is 239 Å². The monoisotopic (exact) mass is 1110 g/mol. The third-order valence-electron chi connectivity index (χ3n) is 12.3. The molecular formula is C66H109O11P. The summed E-state index contributed by atoms with van der Waals surface area (Å²) in [6.45, 7) is 4.33. The molecule has 0 saturated carbocycles. The normalized spacial score (nSPS) is 14.2. The number of phosphoric ester groups is 1. The molecule has 0 aliphatic rings. The molecule has 0 fully saturated rings. The van der Waals surface area contributed by atoms with E-state index in [1.807, 2.05) is 0 Å². The van der Waals surface area contributed by atoms with Gasteiger partial charge in [0.2, 0.25) is 0 Å². The predicted octanol–water partition coefficient (Wildman–Crippen LogP) is 18.4. The number of aliphatic hydroxyl groups is 1. The van der Waals surface area contributed by atoms with Crippen molar-refractivity contribution in [3.05, 3.63) is 122 Å². The van der Waals surface area contributed by atoms with Gasteiger partial charge in [0.25, 0.3) is 0 Å². The fourth-order valence-electron chi connectivity index (χ4n) is 7.78. The lowest BCUT2D eigenvalue weighted by Crippen LogP contribution is -2.30. The van der Waals surface area contributed by atoms with Gasteiger partial charge >= 0.3 is 25.7 Å². The van der Waals surface area contributed by atoms with Crippen LogP contribution in [0.3, 0.4) is 0 Å². The zero-order valence-electron chi connectivity index (χ0n) is 49.1. The maximum Gasteiger partial charge on any atom is 0.472 e. The molecule has 3 unspecified atom stereocenters. The van der Waals surface area contributed by atoms with Gasteiger partial charge in [0.15, 0.2) is 6.10 Å². The van der Waals surface area contributed by atoms with Gasteiger partial charge in [-0.2, -0.15) is 0 Å². The van der Waals surface area contributed by atoms with Crippen molar-refractivity contribution in [3.8, 4) is 0 Å². The number of unbranched alkanes of at least 4 members (excludes halogenated alkanes) is 18. The smallest absolute Gasteiger partial charge is 0.462 e. The van der Waals surface area contributed by atoms with Crippen molar-refractivity contribution in [3.63, 3.8) is 0 Å². The molecule has 2 N–H and O–H groups in total. The number of carbonyl (C=O) groups excluding carboxylic acids is 3. The van der Waals surface area contributed by atoms with Crippen LogP contribution in [0.15, 0.2) is 122 Å². The first kappa shape index (κ1) is 73.9. The number of hydrogen-bond acceptors (Lipinski definition) is 10. The number of allylic oxidation sites excluding steroid dienone is 20. The summed E-state index contributed by atoms with van der Waals surface area (Å²) >= 11 is 0. The number of aliphatic hydroxyl groups excluding tert-OH is 1. The zero-order chi connectivity index (χ0) is 56.9. The molecule has 0 amide bonds. The second kappa shape index (κ2) is 59.0. The fraction of sp³-hybridized carbons (Fsp3) is 0.652. The van der Waals surface area contributed by atoms with Crippen molar-refractivity contribution in [1.82, 2.24) is 0 Å². The van der Waals surface area contributed by atoms with E-state index in [2.05, 4.69) is 142 Å². The molecule has 0 aromatic carbocycles. The predicted molar refractivity (Wildman–Crippen MR) is 325 cm³/mol. The van der Waals surface area contributed by atoms with Crippen LogP contribution < -0.4 is 0 Å². The number of esters is 3. The molecule has 444 valence electrons. The second-order valence-corrected chi connectivity index (χ2v) is 21.2. The maximum absolute atomic E-state index is 12.9. The van der Waals surface area contributed by atoms with Crippen molar-refractivity contribution in [1.29, 1.82) is 0 Å². The fourth-order valence-corrected chi connectivity index (χ4v) is 8.56. The summed E-state index contributed by atoms with van der Waals surface area (Å²) < 4.78 is 39.6. The maximum atomic E-state index is 12.9. The van der Waals surface area contributed by atoms with Crippen LogP contribution in [0, 0.1) is 0 Å². The van der Waals surface area contributed by atoms with Gasteiger partial charge in [0, 0.05) is 19.3 Å². The third-order valence-corrected chi connectivity index (χ3v) is 13.3. The molecule has 12 heteroatoms. The van der Waals surface area contributed by atoms with Crippen LogP contribution in [0.5, 0.6) is 0 Å². The minimum atomic E-state index is -4.77. The first-order valence-corrected chi connectivity index (χ1v) is 31.9. The van der Waals surface area contributed by atoms with Crippen LogP contribution >= 0.6 is 7.82 Å². The number of rotatable bonds is 55. The largest absolute Gasteiger partial charge is 0.472 e. The summed E-state index contributed by atoms with van der Waals surface area (Å²) in [4.78, 5) is 48.7. The Kier molecular flexibility index (Phi) is 55.9. The summed E-state index contributed by atoms with van der Waals surface area (Å²) in [6.07, 6.45) is 72.9. The highest BCUT2D eigenvalue weighted by molar-refractivity contribution is 7.47. The molecule has 3 atom stereocenters. The van der Waals surface area contributed by atoms with Crippen molar-refractivity contribution in [2.24, 2.45) is 0 Å². The molecule has 0 rings (SSSR count). The van der Waals surface area contributed by atoms with E-state index >= 15 is 0 Å². The third kappa shape index (κ3) is 56.6. The molecular weight excluding hydrogens is 1000 g/mol. The topological polar surface area (TPSA) is 155 Å². The van der Waals surface area contributed by atoms with Crippen molar-refractivity contribution >= 4 is 25.7 Å². The van der Waals surface area contributed by atoms with Gasteiger partial charge in [-0.1, -0.05) is 213 Å². The Hall–Kier alpha value is -4.12. The van der Waals surface area contributed by atoms with Gasteiger partial charge in [-0.15, -0.1) is 0 Å². The van der Waals surface area contributed by atoms with Crippen LogP contribution in [-0.2, 0) is 42.2 Å². The molecule has 0 bridgehead atoms. The Balaban J connectivity index is 4.80. The van der Waals surface area contributed by atoms with Crippen LogP contribution in [0.4, 0.5) is 0 Å². The Morgan fingerprint density at radius 2 is 0.667 bits per heavy atom. The van der Waals surface area contributed by atoms with Gasteiger partial charge in [0.1, 0.15) is 12.7 Å². The minimum absolute atomic E-state index is 0.119. The summed E-state index contributed by atoms with van der Waals surface area (Å²) in [6, 6.07) is 0. The first-order valence-electron chi connectivity index (χ1n) is 30.4. The Morgan fingerprint density at radius 3 is 1.04 bits per heavy atom. The Labute approximate surface area is 475 Å². The molecule has 11 nitrogen and oxygen atoms in total. The molecule has 0 spiro atoms. The molecule has 0 aliphatic heterocycles. The highest BCUT2D eigenvalue weighted by atomic mass is 31.2. The second-order valence-electron chi connectivity index (χ2n) is 19.7. The van der Waals surface area contributed by atoms with E-state index in [4.69, 9.17) is 23.3 Å². The molecule has 0 heterocycles. The summed E-state index contributed by atoms with van der Waals surface area (Å²) in [5.41, 5.74) is 0. The molecule has 78 heavy (non-hydrogen) atoms. The molecule has 0 radical (unpaired) electrons. The average molecular weight is 1110 g/mol. The van der Waals surface area contributed by atoms with Gasteiger partial charge < -0.3 is 24.2 Å². The molecule has 0 aromatic heterocycles. The number of hydrogen-bond donors (Lipinski definition) is 2. The van der Waals surface area contributed by atoms with Crippen LogP contribution in [0.25, 0.3) is 0 Å². The van der Waals surface area contributed by atoms with E-state index in [-0.39, 0.29) is 25.9 Å². The van der Waals surface area contributed by atoms with Gasteiger partial charge in [-0.3, -0.25) is 23.4 Å².